The molecule has 0 saturated carbocycles. The number of unbranched alkanes of at least 4 members (excludes halogenated alkanes) is 14. The van der Waals surface area contributed by atoms with E-state index >= 15 is 0 Å². The lowest BCUT2D eigenvalue weighted by molar-refractivity contribution is -0.148. The van der Waals surface area contributed by atoms with Gasteiger partial charge in [0.25, 0.3) is 0 Å². The third-order valence-electron chi connectivity index (χ3n) is 8.59. The summed E-state index contributed by atoms with van der Waals surface area (Å²) >= 11 is 0. The molecule has 3 rings (SSSR count). The van der Waals surface area contributed by atoms with Crippen LogP contribution in [-0.2, 0) is 9.53 Å². The molecule has 0 spiro atoms. The average Bonchev–Trinajstić information content (AvgIpc) is 3.05. The molecule has 44 heavy (non-hydrogen) atoms. The number of ether oxygens (including phenoxy) is 2. The van der Waals surface area contributed by atoms with Crippen molar-refractivity contribution in [2.24, 2.45) is 0 Å². The predicted octanol–water partition coefficient (Wildman–Crippen LogP) is 12.7. The van der Waals surface area contributed by atoms with Gasteiger partial charge in [-0.15, -0.1) is 0 Å². The Balaban J connectivity index is 1.45. The molecule has 0 aliphatic heterocycles. The molecular weight excluding hydrogens is 540 g/mol. The standard InChI is InChI=1S/C41H58O3/c1-4-6-8-10-12-14-16-18-24-41(42)44-34(3)35-25-27-36(28-26-35)39-22-19-20-23-40(39)37-29-31-38(32-30-37)43-33-21-17-15-13-11-9-7-5-2/h19-20,22-23,25-32,34H,4-18,21,24,33H2,1-3H3. The summed E-state index contributed by atoms with van der Waals surface area (Å²) < 4.78 is 11.8. The molecule has 3 aromatic carbocycles. The van der Waals surface area contributed by atoms with Gasteiger partial charge in [-0.25, -0.2) is 0 Å². The molecule has 0 amide bonds. The summed E-state index contributed by atoms with van der Waals surface area (Å²) in [6.07, 6.45) is 20.5. The summed E-state index contributed by atoms with van der Waals surface area (Å²) in [7, 11) is 0. The van der Waals surface area contributed by atoms with Crippen LogP contribution in [0, 0.1) is 0 Å². The topological polar surface area (TPSA) is 35.5 Å². The molecule has 240 valence electrons. The fourth-order valence-electron chi connectivity index (χ4n) is 5.80. The zero-order valence-corrected chi connectivity index (χ0v) is 28.0. The molecule has 0 bridgehead atoms. The van der Waals surface area contributed by atoms with Crippen molar-refractivity contribution in [3.05, 3.63) is 78.4 Å². The predicted molar refractivity (Wildman–Crippen MR) is 187 cm³/mol. The normalized spacial score (nSPS) is 11.8. The zero-order chi connectivity index (χ0) is 31.2. The van der Waals surface area contributed by atoms with Crippen molar-refractivity contribution in [1.82, 2.24) is 0 Å². The van der Waals surface area contributed by atoms with Gasteiger partial charge in [-0.3, -0.25) is 4.79 Å². The van der Waals surface area contributed by atoms with Crippen molar-refractivity contribution in [2.75, 3.05) is 6.61 Å². The molecule has 1 atom stereocenters. The molecule has 0 saturated heterocycles. The molecule has 0 aliphatic carbocycles. The van der Waals surface area contributed by atoms with E-state index in [0.29, 0.717) is 6.42 Å². The van der Waals surface area contributed by atoms with Crippen LogP contribution in [0.15, 0.2) is 72.8 Å². The molecule has 3 nitrogen and oxygen atoms in total. The first-order chi connectivity index (χ1) is 21.6. The van der Waals surface area contributed by atoms with E-state index < -0.39 is 0 Å². The van der Waals surface area contributed by atoms with E-state index in [9.17, 15) is 4.79 Å². The monoisotopic (exact) mass is 598 g/mol. The molecule has 0 aliphatic rings. The minimum Gasteiger partial charge on any atom is -0.494 e. The first-order valence-corrected chi connectivity index (χ1v) is 17.7. The van der Waals surface area contributed by atoms with Crippen LogP contribution >= 0.6 is 0 Å². The van der Waals surface area contributed by atoms with Gasteiger partial charge in [-0.1, -0.05) is 164 Å². The van der Waals surface area contributed by atoms with Crippen LogP contribution in [0.5, 0.6) is 5.75 Å². The SMILES string of the molecule is CCCCCCCCCCOc1ccc(-c2ccccc2-c2ccc(C(C)OC(=O)CCCCCCCCCC)cc2)cc1. The minimum atomic E-state index is -0.251. The van der Waals surface area contributed by atoms with Crippen LogP contribution in [-0.4, -0.2) is 12.6 Å². The van der Waals surface area contributed by atoms with Crippen molar-refractivity contribution in [2.45, 2.75) is 136 Å². The second-order valence-electron chi connectivity index (χ2n) is 12.4. The second kappa shape index (κ2) is 21.6. The van der Waals surface area contributed by atoms with Crippen LogP contribution in [0.1, 0.15) is 142 Å². The number of rotatable bonds is 23. The van der Waals surface area contributed by atoms with Crippen molar-refractivity contribution in [3.63, 3.8) is 0 Å². The summed E-state index contributed by atoms with van der Waals surface area (Å²) in [5.74, 6) is 0.840. The van der Waals surface area contributed by atoms with Crippen molar-refractivity contribution in [3.8, 4) is 28.0 Å². The summed E-state index contributed by atoms with van der Waals surface area (Å²) in [5.41, 5.74) is 5.73. The number of carbonyl (C=O) groups is 1. The summed E-state index contributed by atoms with van der Waals surface area (Å²) in [5, 5.41) is 0. The maximum absolute atomic E-state index is 12.4. The number of carbonyl (C=O) groups excluding carboxylic acids is 1. The molecule has 1 unspecified atom stereocenters. The number of esters is 1. The highest BCUT2D eigenvalue weighted by atomic mass is 16.5. The minimum absolute atomic E-state index is 0.0943. The van der Waals surface area contributed by atoms with Gasteiger partial charge in [-0.2, -0.15) is 0 Å². The highest BCUT2D eigenvalue weighted by Gasteiger charge is 2.13. The van der Waals surface area contributed by atoms with Crippen LogP contribution in [0.4, 0.5) is 0 Å². The maximum Gasteiger partial charge on any atom is 0.306 e. The Labute approximate surface area is 268 Å². The van der Waals surface area contributed by atoms with E-state index in [0.717, 1.165) is 42.7 Å². The molecule has 3 aromatic rings. The number of hydrogen-bond donors (Lipinski definition) is 0. The van der Waals surface area contributed by atoms with E-state index in [2.05, 4.69) is 86.6 Å². The Kier molecular flexibility index (Phi) is 17.4. The lowest BCUT2D eigenvalue weighted by Crippen LogP contribution is -2.08. The molecule has 0 fully saturated rings. The Hall–Kier alpha value is -3.07. The van der Waals surface area contributed by atoms with Gasteiger partial charge in [-0.05, 0) is 59.7 Å². The molecule has 0 aromatic heterocycles. The first kappa shape index (κ1) is 35.4. The van der Waals surface area contributed by atoms with E-state index in [1.807, 2.05) is 6.92 Å². The second-order valence-corrected chi connectivity index (χ2v) is 12.4. The smallest absolute Gasteiger partial charge is 0.306 e. The van der Waals surface area contributed by atoms with Gasteiger partial charge in [0.1, 0.15) is 11.9 Å². The Morgan fingerprint density at radius 3 is 1.55 bits per heavy atom. The van der Waals surface area contributed by atoms with E-state index in [1.54, 1.807) is 0 Å². The van der Waals surface area contributed by atoms with Crippen LogP contribution in [0.2, 0.25) is 0 Å². The van der Waals surface area contributed by atoms with Gasteiger partial charge in [0.05, 0.1) is 6.61 Å². The lowest BCUT2D eigenvalue weighted by atomic mass is 9.93. The highest BCUT2D eigenvalue weighted by Crippen LogP contribution is 2.34. The largest absolute Gasteiger partial charge is 0.494 e. The maximum atomic E-state index is 12.4. The fraction of sp³-hybridized carbons (Fsp3) is 0.537. The van der Waals surface area contributed by atoms with Crippen molar-refractivity contribution < 1.29 is 14.3 Å². The van der Waals surface area contributed by atoms with Crippen molar-refractivity contribution in [1.29, 1.82) is 0 Å². The molecule has 0 N–H and O–H groups in total. The van der Waals surface area contributed by atoms with Gasteiger partial charge in [0.15, 0.2) is 0 Å². The van der Waals surface area contributed by atoms with Crippen LogP contribution in [0.25, 0.3) is 22.3 Å². The van der Waals surface area contributed by atoms with Crippen LogP contribution < -0.4 is 4.74 Å². The number of benzene rings is 3. The quantitative estimate of drug-likeness (QED) is 0.0804. The fourth-order valence-corrected chi connectivity index (χ4v) is 5.80. The Morgan fingerprint density at radius 2 is 1.02 bits per heavy atom. The highest BCUT2D eigenvalue weighted by molar-refractivity contribution is 5.83. The first-order valence-electron chi connectivity index (χ1n) is 17.7. The van der Waals surface area contributed by atoms with Gasteiger partial charge >= 0.3 is 5.97 Å². The van der Waals surface area contributed by atoms with Crippen LogP contribution in [0.3, 0.4) is 0 Å². The van der Waals surface area contributed by atoms with E-state index in [4.69, 9.17) is 9.47 Å². The lowest BCUT2D eigenvalue weighted by Gasteiger charge is -2.15. The van der Waals surface area contributed by atoms with Gasteiger partial charge in [0, 0.05) is 6.42 Å². The Bertz CT molecular complexity index is 1170. The third-order valence-corrected chi connectivity index (χ3v) is 8.59. The molecule has 3 heteroatoms. The zero-order valence-electron chi connectivity index (χ0n) is 28.0. The van der Waals surface area contributed by atoms with Gasteiger partial charge < -0.3 is 9.47 Å². The Morgan fingerprint density at radius 1 is 0.568 bits per heavy atom. The van der Waals surface area contributed by atoms with Gasteiger partial charge in [0.2, 0.25) is 0 Å². The summed E-state index contributed by atoms with van der Waals surface area (Å²) in [6.45, 7) is 7.26. The van der Waals surface area contributed by atoms with E-state index in [-0.39, 0.29) is 12.1 Å². The van der Waals surface area contributed by atoms with Crippen molar-refractivity contribution >= 4 is 5.97 Å². The average molecular weight is 599 g/mol. The number of hydrogen-bond acceptors (Lipinski definition) is 3. The van der Waals surface area contributed by atoms with E-state index in [1.165, 1.54) is 100 Å². The molecule has 0 heterocycles. The summed E-state index contributed by atoms with van der Waals surface area (Å²) in [4.78, 5) is 12.4. The third kappa shape index (κ3) is 13.3. The molecule has 0 radical (unpaired) electrons. The molecular formula is C41H58O3. The summed E-state index contributed by atoms with van der Waals surface area (Å²) in [6, 6.07) is 25.5.